The Morgan fingerprint density at radius 1 is 1.08 bits per heavy atom. The highest BCUT2D eigenvalue weighted by molar-refractivity contribution is 14.0. The minimum absolute atomic E-state index is 0. The number of nitrogens with zero attached hydrogens (tertiary/aromatic N) is 2. The van der Waals surface area contributed by atoms with Gasteiger partial charge in [0, 0.05) is 49.1 Å². The predicted octanol–water partition coefficient (Wildman–Crippen LogP) is 2.21. The van der Waals surface area contributed by atoms with Crippen LogP contribution >= 0.6 is 24.0 Å². The van der Waals surface area contributed by atoms with Gasteiger partial charge in [0.25, 0.3) is 0 Å². The molecule has 1 aromatic carbocycles. The number of benzene rings is 1. The zero-order valence-corrected chi connectivity index (χ0v) is 16.8. The number of aliphatic imine (C=N–C) groups is 1. The number of hydrogen-bond acceptors (Lipinski definition) is 3. The number of nitrogens with one attached hydrogen (secondary N) is 2. The maximum atomic E-state index is 12.1. The van der Waals surface area contributed by atoms with Gasteiger partial charge in [-0.05, 0) is 24.3 Å². The largest absolute Gasteiger partial charge is 0.356 e. The second-order valence-corrected chi connectivity index (χ2v) is 6.43. The fourth-order valence-electron chi connectivity index (χ4n) is 2.03. The van der Waals surface area contributed by atoms with E-state index < -0.39 is 10.8 Å². The molecule has 1 atom stereocenters. The van der Waals surface area contributed by atoms with E-state index in [1.807, 2.05) is 48.5 Å². The first-order valence-electron chi connectivity index (χ1n) is 7.57. The van der Waals surface area contributed by atoms with Crippen LogP contribution in [0.15, 0.2) is 64.6 Å². The monoisotopic (exact) mass is 458 g/mol. The van der Waals surface area contributed by atoms with Gasteiger partial charge in [0.2, 0.25) is 0 Å². The summed E-state index contributed by atoms with van der Waals surface area (Å²) in [6.07, 6.45) is 2.62. The first kappa shape index (κ1) is 20.6. The van der Waals surface area contributed by atoms with Gasteiger partial charge in [0.1, 0.15) is 0 Å². The van der Waals surface area contributed by atoms with Gasteiger partial charge in [-0.1, -0.05) is 24.3 Å². The van der Waals surface area contributed by atoms with Crippen LogP contribution in [0.25, 0.3) is 0 Å². The molecule has 0 fully saturated rings. The Morgan fingerprint density at radius 2 is 1.79 bits per heavy atom. The molecule has 0 aliphatic rings. The van der Waals surface area contributed by atoms with Gasteiger partial charge in [-0.15, -0.1) is 24.0 Å². The predicted molar refractivity (Wildman–Crippen MR) is 110 cm³/mol. The second kappa shape index (κ2) is 12.0. The van der Waals surface area contributed by atoms with Gasteiger partial charge in [-0.25, -0.2) is 0 Å². The molecule has 1 aromatic heterocycles. The van der Waals surface area contributed by atoms with E-state index in [-0.39, 0.29) is 24.0 Å². The summed E-state index contributed by atoms with van der Waals surface area (Å²) in [6, 6.07) is 15.4. The third-order valence-electron chi connectivity index (χ3n) is 3.21. The van der Waals surface area contributed by atoms with Crippen LogP contribution in [0.4, 0.5) is 0 Å². The molecule has 2 N–H and O–H groups in total. The SMILES string of the molecule is CN=C(NCCc1ccccn1)NCCS(=O)c1ccccc1.I. The van der Waals surface area contributed by atoms with Crippen LogP contribution in [0, 0.1) is 0 Å². The Bertz CT molecular complexity index is 638. The average Bonchev–Trinajstić information content (AvgIpc) is 2.62. The molecule has 0 bridgehead atoms. The van der Waals surface area contributed by atoms with Gasteiger partial charge in [-0.3, -0.25) is 14.2 Å². The minimum atomic E-state index is -0.993. The Hall–Kier alpha value is -1.48. The van der Waals surface area contributed by atoms with Crippen LogP contribution < -0.4 is 10.6 Å². The fourth-order valence-corrected chi connectivity index (χ4v) is 3.01. The van der Waals surface area contributed by atoms with Crippen LogP contribution in [-0.4, -0.2) is 41.0 Å². The van der Waals surface area contributed by atoms with Crippen molar-refractivity contribution in [2.45, 2.75) is 11.3 Å². The number of aromatic nitrogens is 1. The fraction of sp³-hybridized carbons (Fsp3) is 0.294. The summed E-state index contributed by atoms with van der Waals surface area (Å²) in [4.78, 5) is 9.30. The standard InChI is InChI=1S/C17H22N4OS.HI/c1-18-17(20-12-10-15-7-5-6-11-19-15)21-13-14-23(22)16-8-3-2-4-9-16;/h2-9,11H,10,12-14H2,1H3,(H2,18,20,21);1H. The highest BCUT2D eigenvalue weighted by Gasteiger charge is 2.03. The summed E-state index contributed by atoms with van der Waals surface area (Å²) in [5.41, 5.74) is 1.04. The lowest BCUT2D eigenvalue weighted by atomic mass is 10.3. The molecule has 7 heteroatoms. The van der Waals surface area contributed by atoms with E-state index in [1.165, 1.54) is 0 Å². The van der Waals surface area contributed by atoms with Crippen LogP contribution in [0.5, 0.6) is 0 Å². The third kappa shape index (κ3) is 7.39. The summed E-state index contributed by atoms with van der Waals surface area (Å²) in [6.45, 7) is 1.35. The molecule has 2 rings (SSSR count). The maximum Gasteiger partial charge on any atom is 0.191 e. The first-order chi connectivity index (χ1) is 11.3. The number of halogens is 1. The van der Waals surface area contributed by atoms with E-state index in [9.17, 15) is 4.21 Å². The Kier molecular flexibility index (Phi) is 10.3. The van der Waals surface area contributed by atoms with Gasteiger partial charge in [0.15, 0.2) is 5.96 Å². The molecule has 5 nitrogen and oxygen atoms in total. The molecule has 0 spiro atoms. The van der Waals surface area contributed by atoms with Crippen molar-refractivity contribution in [2.75, 3.05) is 25.9 Å². The third-order valence-corrected chi connectivity index (χ3v) is 4.58. The highest BCUT2D eigenvalue weighted by atomic mass is 127. The molecule has 1 unspecified atom stereocenters. The summed E-state index contributed by atoms with van der Waals surface area (Å²) in [7, 11) is 0.734. The van der Waals surface area contributed by atoms with Gasteiger partial charge >= 0.3 is 0 Å². The minimum Gasteiger partial charge on any atom is -0.356 e. The zero-order chi connectivity index (χ0) is 16.3. The lowest BCUT2D eigenvalue weighted by Crippen LogP contribution is -2.40. The van der Waals surface area contributed by atoms with E-state index in [4.69, 9.17) is 0 Å². The summed E-state index contributed by atoms with van der Waals surface area (Å²) in [5.74, 6) is 1.26. The lowest BCUT2D eigenvalue weighted by molar-refractivity contribution is 0.681. The highest BCUT2D eigenvalue weighted by Crippen LogP contribution is 2.04. The molecule has 0 amide bonds. The smallest absolute Gasteiger partial charge is 0.191 e. The topological polar surface area (TPSA) is 66.4 Å². The van der Waals surface area contributed by atoms with Crippen molar-refractivity contribution in [3.05, 3.63) is 60.4 Å². The normalized spacial score (nSPS) is 12.1. The van der Waals surface area contributed by atoms with E-state index in [0.29, 0.717) is 18.3 Å². The summed E-state index contributed by atoms with van der Waals surface area (Å²) >= 11 is 0. The molecule has 0 aliphatic heterocycles. The quantitative estimate of drug-likeness (QED) is 0.380. The Balaban J connectivity index is 0.00000288. The van der Waals surface area contributed by atoms with Crippen LogP contribution in [0.3, 0.4) is 0 Å². The van der Waals surface area contributed by atoms with Crippen molar-refractivity contribution < 1.29 is 4.21 Å². The summed E-state index contributed by atoms with van der Waals surface area (Å²) < 4.78 is 12.1. The molecule has 1 heterocycles. The Morgan fingerprint density at radius 3 is 2.46 bits per heavy atom. The van der Waals surface area contributed by atoms with E-state index in [2.05, 4.69) is 20.6 Å². The van der Waals surface area contributed by atoms with Gasteiger partial charge in [-0.2, -0.15) is 0 Å². The van der Waals surface area contributed by atoms with Gasteiger partial charge in [0.05, 0.1) is 10.8 Å². The summed E-state index contributed by atoms with van der Waals surface area (Å²) in [5, 5.41) is 6.41. The van der Waals surface area contributed by atoms with E-state index in [0.717, 1.165) is 23.6 Å². The van der Waals surface area contributed by atoms with Gasteiger partial charge < -0.3 is 10.6 Å². The molecule has 0 saturated heterocycles. The van der Waals surface area contributed by atoms with Crippen molar-refractivity contribution in [3.63, 3.8) is 0 Å². The van der Waals surface area contributed by atoms with Crippen LogP contribution in [0.1, 0.15) is 5.69 Å². The maximum absolute atomic E-state index is 12.1. The molecule has 2 aromatic rings. The van der Waals surface area contributed by atoms with Crippen molar-refractivity contribution >= 4 is 40.7 Å². The number of hydrogen-bond donors (Lipinski definition) is 2. The first-order valence-corrected chi connectivity index (χ1v) is 8.89. The van der Waals surface area contributed by atoms with Crippen molar-refractivity contribution in [3.8, 4) is 0 Å². The van der Waals surface area contributed by atoms with E-state index in [1.54, 1.807) is 13.2 Å². The average molecular weight is 458 g/mol. The van der Waals surface area contributed by atoms with Crippen LogP contribution in [0.2, 0.25) is 0 Å². The second-order valence-electron chi connectivity index (χ2n) is 4.86. The molecular weight excluding hydrogens is 435 g/mol. The van der Waals surface area contributed by atoms with Crippen molar-refractivity contribution in [2.24, 2.45) is 4.99 Å². The van der Waals surface area contributed by atoms with Crippen LogP contribution in [-0.2, 0) is 17.2 Å². The van der Waals surface area contributed by atoms with Crippen molar-refractivity contribution in [1.82, 2.24) is 15.6 Å². The molecule has 0 saturated carbocycles. The number of pyridine rings is 1. The van der Waals surface area contributed by atoms with Crippen molar-refractivity contribution in [1.29, 1.82) is 0 Å². The number of guanidine groups is 1. The Labute approximate surface area is 162 Å². The molecule has 0 aliphatic carbocycles. The molecule has 130 valence electrons. The molecule has 0 radical (unpaired) electrons. The van der Waals surface area contributed by atoms with E-state index >= 15 is 0 Å². The molecular formula is C17H23IN4OS. The molecule has 24 heavy (non-hydrogen) atoms. The lowest BCUT2D eigenvalue weighted by Gasteiger charge is -2.11. The number of rotatable bonds is 7. The zero-order valence-electron chi connectivity index (χ0n) is 13.6.